The number of carboxylic acids is 1. The van der Waals surface area contributed by atoms with Crippen molar-refractivity contribution >= 4 is 40.9 Å². The molecule has 0 aromatic heterocycles. The number of hydrogen-bond acceptors (Lipinski definition) is 8. The molecule has 1 aromatic rings. The van der Waals surface area contributed by atoms with Crippen LogP contribution in [0.15, 0.2) is 18.2 Å². The molecule has 2 aliphatic heterocycles. The average Bonchev–Trinajstić information content (AvgIpc) is 2.90. The summed E-state index contributed by atoms with van der Waals surface area (Å²) < 4.78 is -0.807. The maximum atomic E-state index is 12.7. The van der Waals surface area contributed by atoms with Gasteiger partial charge in [-0.05, 0) is 20.8 Å². The summed E-state index contributed by atoms with van der Waals surface area (Å²) in [5, 5.41) is 33.3. The van der Waals surface area contributed by atoms with Crippen LogP contribution >= 0.6 is 11.8 Å². The van der Waals surface area contributed by atoms with Gasteiger partial charge >= 0.3 is 5.97 Å². The van der Waals surface area contributed by atoms with Crippen LogP contribution in [0.2, 0.25) is 0 Å². The van der Waals surface area contributed by atoms with E-state index in [-0.39, 0.29) is 5.56 Å². The van der Waals surface area contributed by atoms with Gasteiger partial charge in [0.05, 0.1) is 21.5 Å². The van der Waals surface area contributed by atoms with Crippen molar-refractivity contribution in [3.8, 4) is 0 Å². The van der Waals surface area contributed by atoms with E-state index in [0.29, 0.717) is 0 Å². The largest absolute Gasteiger partial charge is 0.480 e. The number of aliphatic carboxylic acids is 1. The first kappa shape index (κ1) is 20.5. The van der Waals surface area contributed by atoms with Crippen LogP contribution in [-0.2, 0) is 9.59 Å². The van der Waals surface area contributed by atoms with E-state index < -0.39 is 60.7 Å². The Hall–Kier alpha value is -3.22. The second-order valence-corrected chi connectivity index (χ2v) is 9.17. The first-order valence-electron chi connectivity index (χ1n) is 8.29. The van der Waals surface area contributed by atoms with E-state index in [1.54, 1.807) is 13.8 Å². The maximum Gasteiger partial charge on any atom is 0.327 e. The SMILES string of the molecule is CC1(C)S[C@H]2N(C(=O)C2(C)NC(=O)c2cc([N+](=O)[O-])cc([N+](=O)[O-])c2)[C@H]1C(=O)O. The molecule has 12 nitrogen and oxygen atoms in total. The van der Waals surface area contributed by atoms with Crippen molar-refractivity contribution in [2.75, 3.05) is 0 Å². The number of amides is 2. The Labute approximate surface area is 167 Å². The number of nitrogens with zero attached hydrogens (tertiary/aromatic N) is 3. The fourth-order valence-corrected chi connectivity index (χ4v) is 5.23. The zero-order valence-electron chi connectivity index (χ0n) is 15.4. The highest BCUT2D eigenvalue weighted by molar-refractivity contribution is 8.01. The van der Waals surface area contributed by atoms with Gasteiger partial charge in [0.15, 0.2) is 0 Å². The van der Waals surface area contributed by atoms with Gasteiger partial charge in [0.1, 0.15) is 17.0 Å². The molecule has 3 rings (SSSR count). The number of carbonyl (C=O) groups is 3. The normalized spacial score (nSPS) is 27.0. The van der Waals surface area contributed by atoms with Crippen molar-refractivity contribution in [3.63, 3.8) is 0 Å². The topological polar surface area (TPSA) is 173 Å². The molecule has 2 aliphatic rings. The summed E-state index contributed by atoms with van der Waals surface area (Å²) in [7, 11) is 0. The Kier molecular flexibility index (Phi) is 4.53. The Balaban J connectivity index is 1.91. The fourth-order valence-electron chi connectivity index (χ4n) is 3.58. The Morgan fingerprint density at radius 3 is 2.10 bits per heavy atom. The van der Waals surface area contributed by atoms with Crippen LogP contribution in [0.4, 0.5) is 11.4 Å². The van der Waals surface area contributed by atoms with Crippen LogP contribution in [-0.4, -0.2) is 59.3 Å². The van der Waals surface area contributed by atoms with Gasteiger partial charge in [0.25, 0.3) is 23.2 Å². The van der Waals surface area contributed by atoms with Crippen molar-refractivity contribution in [2.45, 2.75) is 42.5 Å². The molecule has 0 spiro atoms. The van der Waals surface area contributed by atoms with E-state index in [0.717, 1.165) is 18.2 Å². The lowest BCUT2D eigenvalue weighted by molar-refractivity contribution is -0.394. The number of rotatable bonds is 5. The number of β-lactam (4-membered cyclic amide) rings is 1. The summed E-state index contributed by atoms with van der Waals surface area (Å²) in [5.41, 5.74) is -3.09. The fraction of sp³-hybridized carbons (Fsp3) is 0.438. The van der Waals surface area contributed by atoms with Crippen LogP contribution < -0.4 is 5.32 Å². The molecule has 2 heterocycles. The minimum Gasteiger partial charge on any atom is -0.480 e. The van der Waals surface area contributed by atoms with Crippen LogP contribution in [0.5, 0.6) is 0 Å². The van der Waals surface area contributed by atoms with Gasteiger partial charge < -0.3 is 15.3 Å². The highest BCUT2D eigenvalue weighted by Gasteiger charge is 2.70. The number of non-ortho nitro benzene ring substituents is 2. The molecule has 29 heavy (non-hydrogen) atoms. The molecule has 2 fully saturated rings. The molecule has 2 amide bonds. The first-order chi connectivity index (χ1) is 13.3. The molecule has 3 atom stereocenters. The van der Waals surface area contributed by atoms with Gasteiger partial charge in [-0.3, -0.25) is 29.8 Å². The minimum absolute atomic E-state index is 0.351. The van der Waals surface area contributed by atoms with Crippen molar-refractivity contribution in [1.82, 2.24) is 10.2 Å². The number of benzene rings is 1. The zero-order valence-corrected chi connectivity index (χ0v) is 16.3. The summed E-state index contributed by atoms with van der Waals surface area (Å²) >= 11 is 1.21. The van der Waals surface area contributed by atoms with E-state index in [2.05, 4.69) is 5.32 Å². The number of nitrogens with one attached hydrogen (secondary N) is 1. The summed E-state index contributed by atoms with van der Waals surface area (Å²) in [6.07, 6.45) is 0. The van der Waals surface area contributed by atoms with Crippen molar-refractivity contribution < 1.29 is 29.3 Å². The van der Waals surface area contributed by atoms with Crippen molar-refractivity contribution in [1.29, 1.82) is 0 Å². The first-order valence-corrected chi connectivity index (χ1v) is 9.17. The highest BCUT2D eigenvalue weighted by atomic mass is 32.2. The molecule has 0 saturated carbocycles. The summed E-state index contributed by atoms with van der Waals surface area (Å²) in [5.74, 6) is -2.69. The lowest BCUT2D eigenvalue weighted by Gasteiger charge is -2.51. The smallest absolute Gasteiger partial charge is 0.327 e. The third kappa shape index (κ3) is 3.06. The summed E-state index contributed by atoms with van der Waals surface area (Å²) in [4.78, 5) is 58.4. The van der Waals surface area contributed by atoms with E-state index in [1.807, 2.05) is 0 Å². The van der Waals surface area contributed by atoms with Gasteiger partial charge in [0.2, 0.25) is 0 Å². The molecule has 13 heteroatoms. The molecule has 1 aromatic carbocycles. The third-order valence-electron chi connectivity index (χ3n) is 4.97. The number of carboxylic acid groups (broad SMARTS) is 1. The van der Waals surface area contributed by atoms with E-state index in [4.69, 9.17) is 0 Å². The minimum atomic E-state index is -1.46. The Morgan fingerprint density at radius 1 is 1.14 bits per heavy atom. The van der Waals surface area contributed by atoms with Crippen LogP contribution in [0.1, 0.15) is 31.1 Å². The van der Waals surface area contributed by atoms with Crippen molar-refractivity contribution in [3.05, 3.63) is 44.0 Å². The number of fused-ring (bicyclic) bond motifs is 1. The van der Waals surface area contributed by atoms with E-state index in [9.17, 15) is 39.7 Å². The molecule has 0 bridgehead atoms. The number of hydrogen-bond donors (Lipinski definition) is 2. The van der Waals surface area contributed by atoms with Crippen LogP contribution in [0.3, 0.4) is 0 Å². The summed E-state index contributed by atoms with van der Waals surface area (Å²) in [6.45, 7) is 4.77. The van der Waals surface area contributed by atoms with Gasteiger partial charge in [-0.1, -0.05) is 0 Å². The second kappa shape index (κ2) is 6.40. The van der Waals surface area contributed by atoms with Gasteiger partial charge in [0, 0.05) is 16.9 Å². The third-order valence-corrected chi connectivity index (χ3v) is 6.72. The Morgan fingerprint density at radius 2 is 1.66 bits per heavy atom. The van der Waals surface area contributed by atoms with E-state index in [1.165, 1.54) is 23.6 Å². The zero-order chi connectivity index (χ0) is 21.9. The number of carbonyl (C=O) groups excluding carboxylic acids is 2. The molecular weight excluding hydrogens is 408 g/mol. The maximum absolute atomic E-state index is 12.7. The van der Waals surface area contributed by atoms with Crippen LogP contribution in [0, 0.1) is 20.2 Å². The van der Waals surface area contributed by atoms with E-state index >= 15 is 0 Å². The number of thioether (sulfide) groups is 1. The standard InChI is InChI=1S/C16H16N4O8S/c1-15(2)10(12(22)23)18-13(24)16(3,14(18)29-15)17-11(21)7-4-8(19(25)26)6-9(5-7)20(27)28/h4-6,10,14H,1-3H3,(H,17,21)(H,22,23)/t10-,14+,16?/m0/s1. The molecule has 0 aliphatic carbocycles. The van der Waals surface area contributed by atoms with Crippen molar-refractivity contribution in [2.24, 2.45) is 0 Å². The van der Waals surface area contributed by atoms with Gasteiger partial charge in [-0.25, -0.2) is 4.79 Å². The summed E-state index contributed by atoms with van der Waals surface area (Å²) in [6, 6.07) is 1.40. The number of nitro benzene ring substituents is 2. The molecule has 2 N–H and O–H groups in total. The lowest BCUT2D eigenvalue weighted by atomic mass is 9.86. The molecule has 154 valence electrons. The lowest BCUT2D eigenvalue weighted by Crippen LogP contribution is -2.78. The Bertz CT molecular complexity index is 947. The van der Waals surface area contributed by atoms with Gasteiger partial charge in [-0.15, -0.1) is 11.8 Å². The van der Waals surface area contributed by atoms with Crippen LogP contribution in [0.25, 0.3) is 0 Å². The molecular formula is C16H16N4O8S. The van der Waals surface area contributed by atoms with Gasteiger partial charge in [-0.2, -0.15) is 0 Å². The second-order valence-electron chi connectivity index (χ2n) is 7.44. The monoisotopic (exact) mass is 424 g/mol. The quantitative estimate of drug-likeness (QED) is 0.399. The number of nitro groups is 2. The predicted octanol–water partition coefficient (Wildman–Crippen LogP) is 1.14. The average molecular weight is 424 g/mol. The molecule has 0 radical (unpaired) electrons. The molecule has 1 unspecified atom stereocenters. The molecule has 2 saturated heterocycles. The predicted molar refractivity (Wildman–Crippen MR) is 99.3 cm³/mol. The highest BCUT2D eigenvalue weighted by Crippen LogP contribution is 2.54.